The molecule has 0 spiro atoms. The molecular weight excluding hydrogens is 188 g/mol. The molecule has 0 aromatic rings. The van der Waals surface area contributed by atoms with E-state index in [0.717, 1.165) is 0 Å². The summed E-state index contributed by atoms with van der Waals surface area (Å²) in [6.45, 7) is 5.82. The van der Waals surface area contributed by atoms with Gasteiger partial charge in [-0.15, -0.1) is 0 Å². The Balaban J connectivity index is 4.19. The molecule has 0 saturated heterocycles. The number of rotatable bonds is 7. The van der Waals surface area contributed by atoms with Gasteiger partial charge in [-0.2, -0.15) is 0 Å². The Bertz CT molecular complexity index is 184. The number of hydrogen-bond donors (Lipinski definition) is 0. The molecule has 0 atom stereocenters. The van der Waals surface area contributed by atoms with Crippen molar-refractivity contribution in [3.05, 3.63) is 0 Å². The predicted molar refractivity (Wildman–Crippen MR) is 48.7 cm³/mol. The summed E-state index contributed by atoms with van der Waals surface area (Å²) >= 11 is 0. The zero-order valence-corrected chi connectivity index (χ0v) is 8.74. The molecule has 0 N–H and O–H groups in total. The lowest BCUT2D eigenvalue weighted by Gasteiger charge is -2.13. The van der Waals surface area contributed by atoms with Crippen LogP contribution in [0.1, 0.15) is 20.8 Å². The minimum absolute atomic E-state index is 0.162. The highest BCUT2D eigenvalue weighted by Crippen LogP contribution is 1.99. The van der Waals surface area contributed by atoms with Gasteiger partial charge < -0.3 is 14.2 Å². The Morgan fingerprint density at radius 2 is 1.50 bits per heavy atom. The number of hydrogen-bond acceptors (Lipinski definition) is 5. The van der Waals surface area contributed by atoms with Gasteiger partial charge >= 0.3 is 5.97 Å². The summed E-state index contributed by atoms with van der Waals surface area (Å²) in [5.74, 6) is -1.71. The zero-order valence-electron chi connectivity index (χ0n) is 8.74. The highest BCUT2D eigenvalue weighted by molar-refractivity contribution is 6.35. The van der Waals surface area contributed by atoms with Crippen molar-refractivity contribution >= 4 is 11.8 Å². The van der Waals surface area contributed by atoms with Gasteiger partial charge in [-0.3, -0.25) is 4.79 Å². The maximum Gasteiger partial charge on any atom is 0.380 e. The van der Waals surface area contributed by atoms with Crippen molar-refractivity contribution in [3.63, 3.8) is 0 Å². The molecule has 0 saturated carbocycles. The van der Waals surface area contributed by atoms with Gasteiger partial charge in [-0.1, -0.05) is 0 Å². The van der Waals surface area contributed by atoms with E-state index in [2.05, 4.69) is 4.74 Å². The Morgan fingerprint density at radius 1 is 1.00 bits per heavy atom. The molecular formula is C9H16O5. The molecule has 5 heteroatoms. The molecule has 0 amide bonds. The highest BCUT2D eigenvalue weighted by atomic mass is 16.7. The smallest absolute Gasteiger partial charge is 0.380 e. The number of ketones is 1. The van der Waals surface area contributed by atoms with Gasteiger partial charge in [0.15, 0.2) is 0 Å². The zero-order chi connectivity index (χ0) is 11.0. The van der Waals surface area contributed by atoms with Crippen LogP contribution in [0.5, 0.6) is 0 Å². The molecule has 0 fully saturated rings. The SMILES string of the molecule is CCOC(=O)C(=O)C(OCC)OCC. The van der Waals surface area contributed by atoms with Crippen LogP contribution in [0.2, 0.25) is 0 Å². The van der Waals surface area contributed by atoms with Crippen LogP contribution in [0, 0.1) is 0 Å². The lowest BCUT2D eigenvalue weighted by atomic mass is 10.4. The second kappa shape index (κ2) is 7.46. The van der Waals surface area contributed by atoms with Crippen molar-refractivity contribution in [1.29, 1.82) is 0 Å². The van der Waals surface area contributed by atoms with E-state index in [1.54, 1.807) is 20.8 Å². The number of carbonyl (C=O) groups is 2. The van der Waals surface area contributed by atoms with Crippen LogP contribution in [0.15, 0.2) is 0 Å². The van der Waals surface area contributed by atoms with Crippen LogP contribution >= 0.6 is 0 Å². The van der Waals surface area contributed by atoms with Gasteiger partial charge in [0.2, 0.25) is 6.29 Å². The Labute approximate surface area is 83.3 Å². The predicted octanol–water partition coefficient (Wildman–Crippen LogP) is 0.518. The van der Waals surface area contributed by atoms with Gasteiger partial charge in [0.25, 0.3) is 5.78 Å². The monoisotopic (exact) mass is 204 g/mol. The number of Topliss-reactive ketones (excluding diaryl/α,β-unsaturated/α-hetero) is 1. The molecule has 0 bridgehead atoms. The van der Waals surface area contributed by atoms with Crippen molar-refractivity contribution in [3.8, 4) is 0 Å². The maximum atomic E-state index is 11.3. The van der Waals surface area contributed by atoms with Gasteiger partial charge in [0.05, 0.1) is 6.61 Å². The third kappa shape index (κ3) is 4.34. The van der Waals surface area contributed by atoms with Gasteiger partial charge in [0.1, 0.15) is 0 Å². The minimum Gasteiger partial charge on any atom is -0.460 e. The van der Waals surface area contributed by atoms with E-state index in [0.29, 0.717) is 13.2 Å². The van der Waals surface area contributed by atoms with Gasteiger partial charge in [-0.25, -0.2) is 4.79 Å². The van der Waals surface area contributed by atoms with Crippen LogP contribution in [-0.4, -0.2) is 37.9 Å². The quantitative estimate of drug-likeness (QED) is 0.343. The average Bonchev–Trinajstić information content (AvgIpc) is 2.17. The minimum atomic E-state index is -1.14. The molecule has 0 aliphatic heterocycles. The first-order valence-corrected chi connectivity index (χ1v) is 4.61. The summed E-state index contributed by atoms with van der Waals surface area (Å²) < 4.78 is 14.4. The first-order chi connectivity index (χ1) is 6.67. The molecule has 0 aromatic carbocycles. The average molecular weight is 204 g/mol. The summed E-state index contributed by atoms with van der Waals surface area (Å²) in [5.41, 5.74) is 0. The van der Waals surface area contributed by atoms with E-state index in [9.17, 15) is 9.59 Å². The summed E-state index contributed by atoms with van der Waals surface area (Å²) in [6, 6.07) is 0. The maximum absolute atomic E-state index is 11.3. The molecule has 0 aromatic heterocycles. The molecule has 0 unspecified atom stereocenters. The first-order valence-electron chi connectivity index (χ1n) is 4.61. The topological polar surface area (TPSA) is 61.8 Å². The van der Waals surface area contributed by atoms with Crippen LogP contribution in [0.3, 0.4) is 0 Å². The summed E-state index contributed by atoms with van der Waals surface area (Å²) in [6.07, 6.45) is -1.14. The first kappa shape index (κ1) is 13.1. The molecule has 0 aliphatic rings. The summed E-state index contributed by atoms with van der Waals surface area (Å²) in [7, 11) is 0. The van der Waals surface area contributed by atoms with Crippen LogP contribution in [0.4, 0.5) is 0 Å². The van der Waals surface area contributed by atoms with E-state index in [1.807, 2.05) is 0 Å². The van der Waals surface area contributed by atoms with E-state index >= 15 is 0 Å². The molecule has 82 valence electrons. The molecule has 0 aliphatic carbocycles. The van der Waals surface area contributed by atoms with Crippen molar-refractivity contribution in [2.75, 3.05) is 19.8 Å². The third-order valence-electron chi connectivity index (χ3n) is 1.33. The highest BCUT2D eigenvalue weighted by Gasteiger charge is 2.27. The third-order valence-corrected chi connectivity index (χ3v) is 1.33. The number of esters is 1. The molecule has 5 nitrogen and oxygen atoms in total. The number of carbonyl (C=O) groups excluding carboxylic acids is 2. The second-order valence-electron chi connectivity index (χ2n) is 2.33. The lowest BCUT2D eigenvalue weighted by Crippen LogP contribution is -2.34. The molecule has 0 heterocycles. The van der Waals surface area contributed by atoms with Crippen LogP contribution in [-0.2, 0) is 23.8 Å². The van der Waals surface area contributed by atoms with Crippen molar-refractivity contribution < 1.29 is 23.8 Å². The van der Waals surface area contributed by atoms with Crippen molar-refractivity contribution in [2.24, 2.45) is 0 Å². The largest absolute Gasteiger partial charge is 0.460 e. The van der Waals surface area contributed by atoms with E-state index < -0.39 is 18.0 Å². The standard InChI is InChI=1S/C9H16O5/c1-4-12-8(11)7(10)9(13-5-2)14-6-3/h9H,4-6H2,1-3H3. The van der Waals surface area contributed by atoms with Gasteiger partial charge in [-0.05, 0) is 20.8 Å². The lowest BCUT2D eigenvalue weighted by molar-refractivity contribution is -0.180. The second-order valence-corrected chi connectivity index (χ2v) is 2.33. The van der Waals surface area contributed by atoms with Gasteiger partial charge in [0, 0.05) is 13.2 Å². The number of ether oxygens (including phenoxy) is 3. The van der Waals surface area contributed by atoms with E-state index in [-0.39, 0.29) is 6.61 Å². The Hall–Kier alpha value is -0.940. The molecule has 0 radical (unpaired) electrons. The van der Waals surface area contributed by atoms with Crippen molar-refractivity contribution in [1.82, 2.24) is 0 Å². The van der Waals surface area contributed by atoms with Crippen LogP contribution in [0.25, 0.3) is 0 Å². The Morgan fingerprint density at radius 3 is 1.86 bits per heavy atom. The molecule has 0 rings (SSSR count). The fraction of sp³-hybridized carbons (Fsp3) is 0.778. The van der Waals surface area contributed by atoms with E-state index in [4.69, 9.17) is 9.47 Å². The molecule has 14 heavy (non-hydrogen) atoms. The normalized spacial score (nSPS) is 10.3. The van der Waals surface area contributed by atoms with Crippen molar-refractivity contribution in [2.45, 2.75) is 27.1 Å². The summed E-state index contributed by atoms with van der Waals surface area (Å²) in [5, 5.41) is 0. The fourth-order valence-corrected chi connectivity index (χ4v) is 0.801. The fourth-order valence-electron chi connectivity index (χ4n) is 0.801. The summed E-state index contributed by atoms with van der Waals surface area (Å²) in [4.78, 5) is 22.3. The van der Waals surface area contributed by atoms with Crippen LogP contribution < -0.4 is 0 Å². The van der Waals surface area contributed by atoms with E-state index in [1.165, 1.54) is 0 Å². The Kier molecular flexibility index (Phi) is 6.96.